The number of nitrogens with zero attached hydrogens (tertiary/aromatic N) is 3. The van der Waals surface area contributed by atoms with Gasteiger partial charge in [-0.05, 0) is 42.8 Å². The molecular formula is C22H17ClF2N4O2. The van der Waals surface area contributed by atoms with E-state index in [-0.39, 0.29) is 17.5 Å². The Hall–Kier alpha value is -3.52. The van der Waals surface area contributed by atoms with Crippen LogP contribution in [0, 0.1) is 18.7 Å². The largest absolute Gasteiger partial charge is 0.496 e. The van der Waals surface area contributed by atoms with E-state index in [2.05, 4.69) is 19.9 Å². The Labute approximate surface area is 181 Å². The molecular weight excluding hydrogens is 426 g/mol. The molecule has 0 saturated heterocycles. The number of hydrogen-bond acceptors (Lipinski definition) is 5. The van der Waals surface area contributed by atoms with Crippen molar-refractivity contribution < 1.29 is 18.3 Å². The van der Waals surface area contributed by atoms with Gasteiger partial charge in [-0.2, -0.15) is 4.39 Å². The molecule has 0 fully saturated rings. The van der Waals surface area contributed by atoms with E-state index in [1.54, 1.807) is 37.4 Å². The lowest BCUT2D eigenvalue weighted by molar-refractivity contribution is 0.292. The summed E-state index contributed by atoms with van der Waals surface area (Å²) in [7, 11) is 1.51. The van der Waals surface area contributed by atoms with Gasteiger partial charge in [0, 0.05) is 29.6 Å². The molecule has 3 heterocycles. The molecule has 1 N–H and O–H groups in total. The van der Waals surface area contributed by atoms with Crippen molar-refractivity contribution in [3.05, 3.63) is 77.0 Å². The maximum absolute atomic E-state index is 14.0. The van der Waals surface area contributed by atoms with E-state index in [4.69, 9.17) is 21.1 Å². The molecule has 0 bridgehead atoms. The lowest BCUT2D eigenvalue weighted by atomic mass is 10.1. The highest BCUT2D eigenvalue weighted by atomic mass is 35.5. The van der Waals surface area contributed by atoms with Crippen LogP contribution in [0.4, 0.5) is 8.78 Å². The van der Waals surface area contributed by atoms with E-state index < -0.39 is 11.8 Å². The third-order valence-corrected chi connectivity index (χ3v) is 4.81. The Bertz CT molecular complexity index is 1230. The molecule has 0 radical (unpaired) electrons. The van der Waals surface area contributed by atoms with Crippen LogP contribution in [0.3, 0.4) is 0 Å². The van der Waals surface area contributed by atoms with Gasteiger partial charge in [-0.3, -0.25) is 4.98 Å². The zero-order valence-corrected chi connectivity index (χ0v) is 17.4. The first-order valence-electron chi connectivity index (χ1n) is 9.24. The summed E-state index contributed by atoms with van der Waals surface area (Å²) in [6.45, 7) is 1.74. The first-order chi connectivity index (χ1) is 14.9. The lowest BCUT2D eigenvalue weighted by Crippen LogP contribution is -2.02. The molecule has 4 aromatic rings. The number of aryl methyl sites for hydroxylation is 1. The molecule has 9 heteroatoms. The predicted octanol–water partition coefficient (Wildman–Crippen LogP) is 5.36. The molecule has 0 spiro atoms. The quantitative estimate of drug-likeness (QED) is 0.407. The standard InChI is InChI=1S/C22H17ClF2N4O2/c1-12-7-16(24)17(26-9-12)11-31-14-4-5-15(18(8-14)30-2)20-21(23)29-22(28-20)13-3-6-19(25)27-10-13/h3-10H,11H2,1-2H3,(H,28,29). The average Bonchev–Trinajstić information content (AvgIpc) is 3.14. The van der Waals surface area contributed by atoms with Crippen molar-refractivity contribution in [1.82, 2.24) is 19.9 Å². The monoisotopic (exact) mass is 442 g/mol. The van der Waals surface area contributed by atoms with Gasteiger partial charge in [0.05, 0.1) is 12.8 Å². The van der Waals surface area contributed by atoms with Crippen molar-refractivity contribution in [2.75, 3.05) is 7.11 Å². The third kappa shape index (κ3) is 4.49. The Morgan fingerprint density at radius 2 is 1.90 bits per heavy atom. The molecule has 4 rings (SSSR count). The molecule has 0 unspecified atom stereocenters. The topological polar surface area (TPSA) is 72.9 Å². The number of halogens is 3. The summed E-state index contributed by atoms with van der Waals surface area (Å²) < 4.78 is 38.2. The van der Waals surface area contributed by atoms with E-state index in [0.717, 1.165) is 5.56 Å². The minimum Gasteiger partial charge on any atom is -0.496 e. The minimum atomic E-state index is -0.584. The molecule has 0 amide bonds. The fraction of sp³-hybridized carbons (Fsp3) is 0.136. The number of ether oxygens (including phenoxy) is 2. The van der Waals surface area contributed by atoms with Gasteiger partial charge in [-0.15, -0.1) is 0 Å². The van der Waals surface area contributed by atoms with Gasteiger partial charge in [0.1, 0.15) is 35.4 Å². The third-order valence-electron chi connectivity index (χ3n) is 4.53. The summed E-state index contributed by atoms with van der Waals surface area (Å²) in [6.07, 6.45) is 2.95. The Balaban J connectivity index is 1.59. The number of benzene rings is 1. The predicted molar refractivity (Wildman–Crippen MR) is 112 cm³/mol. The molecule has 6 nitrogen and oxygen atoms in total. The smallest absolute Gasteiger partial charge is 0.212 e. The Morgan fingerprint density at radius 3 is 2.61 bits per heavy atom. The number of aromatic nitrogens is 4. The first-order valence-corrected chi connectivity index (χ1v) is 9.62. The second kappa shape index (κ2) is 8.69. The molecule has 0 aliphatic heterocycles. The molecule has 31 heavy (non-hydrogen) atoms. The maximum Gasteiger partial charge on any atom is 0.212 e. The van der Waals surface area contributed by atoms with Crippen molar-refractivity contribution >= 4 is 11.6 Å². The number of imidazole rings is 1. The summed E-state index contributed by atoms with van der Waals surface area (Å²) in [5.74, 6) is 0.385. The fourth-order valence-corrected chi connectivity index (χ4v) is 3.20. The summed E-state index contributed by atoms with van der Waals surface area (Å²) >= 11 is 6.33. The second-order valence-electron chi connectivity index (χ2n) is 6.71. The minimum absolute atomic E-state index is 0.0266. The van der Waals surface area contributed by atoms with Crippen molar-refractivity contribution in [3.63, 3.8) is 0 Å². The van der Waals surface area contributed by atoms with Crippen molar-refractivity contribution in [3.8, 4) is 34.1 Å². The lowest BCUT2D eigenvalue weighted by Gasteiger charge is -2.11. The van der Waals surface area contributed by atoms with E-state index in [1.165, 1.54) is 25.4 Å². The van der Waals surface area contributed by atoms with Crippen molar-refractivity contribution in [1.29, 1.82) is 0 Å². The first kappa shape index (κ1) is 20.7. The Kier molecular flexibility index (Phi) is 5.81. The van der Waals surface area contributed by atoms with Crippen LogP contribution < -0.4 is 9.47 Å². The Morgan fingerprint density at radius 1 is 1.06 bits per heavy atom. The molecule has 0 aliphatic rings. The van der Waals surface area contributed by atoms with Gasteiger partial charge in [-0.1, -0.05) is 11.6 Å². The molecule has 158 valence electrons. The molecule has 3 aromatic heterocycles. The highest BCUT2D eigenvalue weighted by Gasteiger charge is 2.17. The van der Waals surface area contributed by atoms with Gasteiger partial charge < -0.3 is 14.5 Å². The van der Waals surface area contributed by atoms with Gasteiger partial charge in [0.15, 0.2) is 5.15 Å². The number of methoxy groups -OCH3 is 1. The highest BCUT2D eigenvalue weighted by molar-refractivity contribution is 6.32. The van der Waals surface area contributed by atoms with Crippen LogP contribution in [0.25, 0.3) is 22.6 Å². The van der Waals surface area contributed by atoms with Gasteiger partial charge in [0.25, 0.3) is 0 Å². The molecule has 0 atom stereocenters. The number of nitrogens with one attached hydrogen (secondary N) is 1. The number of H-pyrrole nitrogens is 1. The number of hydrogen-bond donors (Lipinski definition) is 1. The van der Waals surface area contributed by atoms with Gasteiger partial charge >= 0.3 is 0 Å². The molecule has 0 aliphatic carbocycles. The number of aromatic amines is 1. The van der Waals surface area contributed by atoms with Crippen LogP contribution in [0.2, 0.25) is 5.15 Å². The van der Waals surface area contributed by atoms with E-state index in [1.807, 2.05) is 0 Å². The van der Waals surface area contributed by atoms with Crippen molar-refractivity contribution in [2.45, 2.75) is 13.5 Å². The van der Waals surface area contributed by atoms with E-state index in [0.29, 0.717) is 34.1 Å². The zero-order chi connectivity index (χ0) is 22.0. The van der Waals surface area contributed by atoms with Crippen LogP contribution in [-0.2, 0) is 6.61 Å². The zero-order valence-electron chi connectivity index (χ0n) is 16.6. The number of rotatable bonds is 6. The summed E-state index contributed by atoms with van der Waals surface area (Å²) in [5.41, 5.74) is 2.70. The number of pyridine rings is 2. The second-order valence-corrected chi connectivity index (χ2v) is 7.07. The van der Waals surface area contributed by atoms with Gasteiger partial charge in [-0.25, -0.2) is 14.4 Å². The van der Waals surface area contributed by atoms with Crippen LogP contribution in [-0.4, -0.2) is 27.0 Å². The highest BCUT2D eigenvalue weighted by Crippen LogP contribution is 2.37. The molecule has 1 aromatic carbocycles. The SMILES string of the molecule is COc1cc(OCc2ncc(C)cc2F)ccc1-c1[nH]c(-c2ccc(F)nc2)nc1Cl. The summed E-state index contributed by atoms with van der Waals surface area (Å²) in [4.78, 5) is 15.1. The normalized spacial score (nSPS) is 10.9. The van der Waals surface area contributed by atoms with Crippen LogP contribution >= 0.6 is 11.6 Å². The van der Waals surface area contributed by atoms with Crippen molar-refractivity contribution in [2.24, 2.45) is 0 Å². The summed E-state index contributed by atoms with van der Waals surface area (Å²) in [5, 5.41) is 0.220. The van der Waals surface area contributed by atoms with Crippen LogP contribution in [0.5, 0.6) is 11.5 Å². The van der Waals surface area contributed by atoms with E-state index >= 15 is 0 Å². The van der Waals surface area contributed by atoms with E-state index in [9.17, 15) is 8.78 Å². The average molecular weight is 443 g/mol. The maximum atomic E-state index is 14.0. The summed E-state index contributed by atoms with van der Waals surface area (Å²) in [6, 6.07) is 9.32. The van der Waals surface area contributed by atoms with Crippen LogP contribution in [0.15, 0.2) is 48.8 Å². The van der Waals surface area contributed by atoms with Gasteiger partial charge in [0.2, 0.25) is 5.95 Å². The molecule has 0 saturated carbocycles. The fourth-order valence-electron chi connectivity index (χ4n) is 2.97. The van der Waals surface area contributed by atoms with Crippen LogP contribution in [0.1, 0.15) is 11.3 Å².